The molecule has 4 rings (SSSR count). The molecule has 0 amide bonds. The van der Waals surface area contributed by atoms with Crippen molar-refractivity contribution in [2.45, 2.75) is 27.1 Å². The van der Waals surface area contributed by atoms with Gasteiger partial charge < -0.3 is 19.9 Å². The van der Waals surface area contributed by atoms with E-state index < -0.39 is 5.97 Å². The monoisotopic (exact) mass is 448 g/mol. The van der Waals surface area contributed by atoms with E-state index in [1.54, 1.807) is 6.92 Å². The van der Waals surface area contributed by atoms with Crippen LogP contribution < -0.4 is 15.2 Å². The minimum absolute atomic E-state index is 0.291. The third kappa shape index (κ3) is 4.84. The largest absolute Gasteiger partial charge is 0.489 e. The Morgan fingerprint density at radius 1 is 1.06 bits per heavy atom. The van der Waals surface area contributed by atoms with Crippen LogP contribution in [0.4, 0.5) is 5.82 Å². The fourth-order valence-electron chi connectivity index (χ4n) is 3.37. The van der Waals surface area contributed by atoms with Crippen molar-refractivity contribution < 1.29 is 19.0 Å². The van der Waals surface area contributed by atoms with E-state index in [1.807, 2.05) is 41.8 Å². The van der Waals surface area contributed by atoms with E-state index in [9.17, 15) is 4.79 Å². The highest BCUT2D eigenvalue weighted by atomic mass is 32.1. The van der Waals surface area contributed by atoms with Crippen LogP contribution in [0.2, 0.25) is 0 Å². The highest BCUT2D eigenvalue weighted by molar-refractivity contribution is 7.17. The number of pyridine rings is 1. The van der Waals surface area contributed by atoms with Gasteiger partial charge in [-0.3, -0.25) is 0 Å². The molecule has 0 aliphatic rings. The first-order valence-electron chi connectivity index (χ1n) is 10.3. The first-order chi connectivity index (χ1) is 15.5. The quantitative estimate of drug-likeness (QED) is 0.357. The van der Waals surface area contributed by atoms with E-state index in [0.717, 1.165) is 27.0 Å². The number of anilines is 1. The maximum absolute atomic E-state index is 12.2. The Morgan fingerprint density at radius 3 is 2.56 bits per heavy atom. The van der Waals surface area contributed by atoms with Crippen molar-refractivity contribution >= 4 is 33.2 Å². The van der Waals surface area contributed by atoms with Gasteiger partial charge in [0.05, 0.1) is 16.9 Å². The SMILES string of the molecule is CCOC(=O)c1cnc(N)c2c(COc3cccc(OCc4cccc(C)c4)c3)csc12. The lowest BCUT2D eigenvalue weighted by Gasteiger charge is -2.10. The van der Waals surface area contributed by atoms with Gasteiger partial charge >= 0.3 is 5.97 Å². The summed E-state index contributed by atoms with van der Waals surface area (Å²) in [5.74, 6) is 1.37. The highest BCUT2D eigenvalue weighted by Gasteiger charge is 2.18. The number of hydrogen-bond donors (Lipinski definition) is 1. The van der Waals surface area contributed by atoms with Gasteiger partial charge in [0, 0.05) is 23.2 Å². The van der Waals surface area contributed by atoms with E-state index >= 15 is 0 Å². The molecule has 2 aromatic carbocycles. The van der Waals surface area contributed by atoms with Crippen LogP contribution in [-0.2, 0) is 18.0 Å². The number of hydrogen-bond acceptors (Lipinski definition) is 7. The van der Waals surface area contributed by atoms with Gasteiger partial charge in [-0.25, -0.2) is 9.78 Å². The molecular formula is C25H24N2O4S. The van der Waals surface area contributed by atoms with Crippen molar-refractivity contribution in [3.05, 3.63) is 82.4 Å². The number of benzene rings is 2. The molecule has 32 heavy (non-hydrogen) atoms. The Morgan fingerprint density at radius 2 is 1.81 bits per heavy atom. The van der Waals surface area contributed by atoms with Crippen LogP contribution in [0.1, 0.15) is 34.0 Å². The van der Waals surface area contributed by atoms with Gasteiger partial charge in [-0.05, 0) is 36.9 Å². The molecule has 0 unspecified atom stereocenters. The number of aryl methyl sites for hydroxylation is 1. The minimum atomic E-state index is -0.405. The molecule has 0 fully saturated rings. The summed E-state index contributed by atoms with van der Waals surface area (Å²) in [6.07, 6.45) is 1.46. The fourth-order valence-corrected chi connectivity index (χ4v) is 4.44. The number of nitrogens with two attached hydrogens (primary N) is 1. The number of nitrogens with zero attached hydrogens (tertiary/aromatic N) is 1. The number of carbonyl (C=O) groups is 1. The van der Waals surface area contributed by atoms with Crippen LogP contribution >= 0.6 is 11.3 Å². The molecule has 2 heterocycles. The van der Waals surface area contributed by atoms with E-state index in [0.29, 0.717) is 37.0 Å². The second kappa shape index (κ2) is 9.70. The number of rotatable bonds is 8. The molecule has 4 aromatic rings. The number of aromatic nitrogens is 1. The summed E-state index contributed by atoms with van der Waals surface area (Å²) in [5, 5.41) is 2.66. The third-order valence-electron chi connectivity index (χ3n) is 4.88. The molecule has 0 saturated heterocycles. The molecule has 0 aliphatic heterocycles. The van der Waals surface area contributed by atoms with Gasteiger partial charge in [0.1, 0.15) is 30.5 Å². The first-order valence-corrected chi connectivity index (χ1v) is 11.2. The zero-order valence-corrected chi connectivity index (χ0v) is 18.8. The fraction of sp³-hybridized carbons (Fsp3) is 0.200. The first kappa shape index (κ1) is 21.6. The Kier molecular flexibility index (Phi) is 6.56. The van der Waals surface area contributed by atoms with Gasteiger partial charge in [0.2, 0.25) is 0 Å². The summed E-state index contributed by atoms with van der Waals surface area (Å²) in [4.78, 5) is 16.4. The van der Waals surface area contributed by atoms with Crippen LogP contribution in [0.5, 0.6) is 11.5 Å². The summed E-state index contributed by atoms with van der Waals surface area (Å²) in [6.45, 7) is 4.91. The van der Waals surface area contributed by atoms with E-state index in [2.05, 4.69) is 24.0 Å². The second-order valence-corrected chi connectivity index (χ2v) is 8.16. The zero-order valence-electron chi connectivity index (χ0n) is 18.0. The number of nitrogen functional groups attached to an aromatic ring is 1. The lowest BCUT2D eigenvalue weighted by molar-refractivity contribution is 0.0528. The summed E-state index contributed by atoms with van der Waals surface area (Å²) < 4.78 is 17.8. The lowest BCUT2D eigenvalue weighted by atomic mass is 10.1. The standard InChI is InChI=1S/C25H24N2O4S/c1-3-29-25(28)21-12-27-24(26)22-18(15-32-23(21)22)14-31-20-9-5-8-19(11-20)30-13-17-7-4-6-16(2)10-17/h4-12,15H,3,13-14H2,1-2H3,(H2,26,27). The average Bonchev–Trinajstić information content (AvgIpc) is 3.22. The molecule has 6 nitrogen and oxygen atoms in total. The highest BCUT2D eigenvalue weighted by Crippen LogP contribution is 2.33. The van der Waals surface area contributed by atoms with Gasteiger partial charge in [-0.1, -0.05) is 35.9 Å². The molecule has 0 spiro atoms. The number of esters is 1. The molecule has 0 bridgehead atoms. The molecular weight excluding hydrogens is 424 g/mol. The number of thiophene rings is 1. The predicted molar refractivity (Wildman–Crippen MR) is 126 cm³/mol. The maximum atomic E-state index is 12.2. The van der Waals surface area contributed by atoms with Crippen molar-refractivity contribution in [3.8, 4) is 11.5 Å². The van der Waals surface area contributed by atoms with Crippen LogP contribution in [0.25, 0.3) is 10.1 Å². The summed E-state index contributed by atoms with van der Waals surface area (Å²) in [5.41, 5.74) is 9.71. The third-order valence-corrected chi connectivity index (χ3v) is 5.95. The van der Waals surface area contributed by atoms with Crippen molar-refractivity contribution in [1.82, 2.24) is 4.98 Å². The lowest BCUT2D eigenvalue weighted by Crippen LogP contribution is -2.06. The van der Waals surface area contributed by atoms with Crippen molar-refractivity contribution in [2.24, 2.45) is 0 Å². The van der Waals surface area contributed by atoms with Crippen LogP contribution in [0.15, 0.2) is 60.1 Å². The minimum Gasteiger partial charge on any atom is -0.489 e. The average molecular weight is 449 g/mol. The molecule has 0 aliphatic carbocycles. The van der Waals surface area contributed by atoms with Crippen molar-refractivity contribution in [3.63, 3.8) is 0 Å². The Balaban J connectivity index is 1.47. The molecule has 7 heteroatoms. The van der Waals surface area contributed by atoms with Gasteiger partial charge in [0.25, 0.3) is 0 Å². The Labute approximate surface area is 190 Å². The molecule has 2 aromatic heterocycles. The maximum Gasteiger partial charge on any atom is 0.341 e. The van der Waals surface area contributed by atoms with Crippen molar-refractivity contribution in [2.75, 3.05) is 12.3 Å². The molecule has 164 valence electrons. The smallest absolute Gasteiger partial charge is 0.341 e. The normalized spacial score (nSPS) is 10.8. The number of carbonyl (C=O) groups excluding carboxylic acids is 1. The molecule has 2 N–H and O–H groups in total. The molecule has 0 atom stereocenters. The molecule has 0 saturated carbocycles. The number of fused-ring (bicyclic) bond motifs is 1. The summed E-state index contributed by atoms with van der Waals surface area (Å²) in [7, 11) is 0. The van der Waals surface area contributed by atoms with Gasteiger partial charge in [0.15, 0.2) is 0 Å². The predicted octanol–water partition coefficient (Wildman–Crippen LogP) is 5.52. The van der Waals surface area contributed by atoms with E-state index in [1.165, 1.54) is 23.1 Å². The Hall–Kier alpha value is -3.58. The van der Waals surface area contributed by atoms with Crippen molar-refractivity contribution in [1.29, 1.82) is 0 Å². The van der Waals surface area contributed by atoms with Gasteiger partial charge in [-0.2, -0.15) is 0 Å². The van der Waals surface area contributed by atoms with E-state index in [-0.39, 0.29) is 0 Å². The summed E-state index contributed by atoms with van der Waals surface area (Å²) >= 11 is 1.43. The topological polar surface area (TPSA) is 83.7 Å². The van der Waals surface area contributed by atoms with Crippen LogP contribution in [-0.4, -0.2) is 17.6 Å². The van der Waals surface area contributed by atoms with Gasteiger partial charge in [-0.15, -0.1) is 11.3 Å². The summed E-state index contributed by atoms with van der Waals surface area (Å²) in [6, 6.07) is 15.7. The molecule has 0 radical (unpaired) electrons. The van der Waals surface area contributed by atoms with Crippen LogP contribution in [0.3, 0.4) is 0 Å². The Bertz CT molecular complexity index is 1250. The number of ether oxygens (including phenoxy) is 3. The van der Waals surface area contributed by atoms with Crippen LogP contribution in [0, 0.1) is 6.92 Å². The zero-order chi connectivity index (χ0) is 22.5. The van der Waals surface area contributed by atoms with E-state index in [4.69, 9.17) is 19.9 Å². The second-order valence-electron chi connectivity index (χ2n) is 7.28.